The Hall–Kier alpha value is -2.47. The number of nitrogens with zero attached hydrogens (tertiary/aromatic N) is 2. The third-order valence-corrected chi connectivity index (χ3v) is 4.06. The van der Waals surface area contributed by atoms with Crippen LogP contribution in [0.2, 0.25) is 0 Å². The molecule has 2 heterocycles. The van der Waals surface area contributed by atoms with Gasteiger partial charge in [-0.15, -0.1) is 11.3 Å². The zero-order chi connectivity index (χ0) is 14.7. The average molecular weight is 299 g/mol. The molecule has 21 heavy (non-hydrogen) atoms. The molecule has 2 aromatic heterocycles. The number of thiophene rings is 1. The molecule has 106 valence electrons. The second-order valence-corrected chi connectivity index (χ2v) is 5.55. The molecule has 0 amide bonds. The van der Waals surface area contributed by atoms with Crippen LogP contribution in [0.15, 0.2) is 42.0 Å². The number of aromatic nitrogens is 2. The number of anilines is 1. The first kappa shape index (κ1) is 13.5. The quantitative estimate of drug-likeness (QED) is 0.757. The van der Waals surface area contributed by atoms with Crippen molar-refractivity contribution in [3.8, 4) is 0 Å². The van der Waals surface area contributed by atoms with Crippen molar-refractivity contribution in [2.45, 2.75) is 6.42 Å². The van der Waals surface area contributed by atoms with Crippen LogP contribution in [0.25, 0.3) is 10.9 Å². The molecular weight excluding hydrogens is 286 g/mol. The van der Waals surface area contributed by atoms with Crippen LogP contribution in [-0.2, 0) is 6.42 Å². The second-order valence-electron chi connectivity index (χ2n) is 4.52. The van der Waals surface area contributed by atoms with Gasteiger partial charge < -0.3 is 10.4 Å². The molecule has 0 saturated heterocycles. The zero-order valence-corrected chi connectivity index (χ0v) is 11.9. The van der Waals surface area contributed by atoms with Crippen LogP contribution >= 0.6 is 11.3 Å². The van der Waals surface area contributed by atoms with Crippen LogP contribution in [0.5, 0.6) is 0 Å². The van der Waals surface area contributed by atoms with Gasteiger partial charge >= 0.3 is 5.97 Å². The van der Waals surface area contributed by atoms with Crippen molar-refractivity contribution in [2.24, 2.45) is 0 Å². The van der Waals surface area contributed by atoms with Crippen LogP contribution < -0.4 is 5.32 Å². The van der Waals surface area contributed by atoms with Crippen molar-refractivity contribution in [2.75, 3.05) is 11.9 Å². The Bertz CT molecular complexity index is 772. The van der Waals surface area contributed by atoms with Gasteiger partial charge in [0.2, 0.25) is 0 Å². The summed E-state index contributed by atoms with van der Waals surface area (Å²) in [4.78, 5) is 20.7. The summed E-state index contributed by atoms with van der Waals surface area (Å²) in [6, 6.07) is 9.01. The molecule has 2 N–H and O–H groups in total. The molecule has 3 rings (SSSR count). The van der Waals surface area contributed by atoms with E-state index in [4.69, 9.17) is 5.11 Å². The number of carboxylic acid groups (broad SMARTS) is 1. The number of aromatic carboxylic acids is 1. The van der Waals surface area contributed by atoms with Crippen LogP contribution in [-0.4, -0.2) is 27.6 Å². The minimum atomic E-state index is -0.956. The summed E-state index contributed by atoms with van der Waals surface area (Å²) >= 11 is 1.73. The maximum Gasteiger partial charge on any atom is 0.335 e. The van der Waals surface area contributed by atoms with E-state index in [-0.39, 0.29) is 5.56 Å². The van der Waals surface area contributed by atoms with Crippen molar-refractivity contribution >= 4 is 34.0 Å². The molecule has 0 spiro atoms. The van der Waals surface area contributed by atoms with Crippen LogP contribution in [0.3, 0.4) is 0 Å². The molecule has 3 aromatic rings. The first-order valence-corrected chi connectivity index (χ1v) is 7.36. The largest absolute Gasteiger partial charge is 0.478 e. The fraction of sp³-hybridized carbons (Fsp3) is 0.133. The zero-order valence-electron chi connectivity index (χ0n) is 11.1. The van der Waals surface area contributed by atoms with Gasteiger partial charge in [0.15, 0.2) is 0 Å². The highest BCUT2D eigenvalue weighted by atomic mass is 32.1. The van der Waals surface area contributed by atoms with Gasteiger partial charge in [-0.1, -0.05) is 6.07 Å². The minimum Gasteiger partial charge on any atom is -0.478 e. The minimum absolute atomic E-state index is 0.228. The summed E-state index contributed by atoms with van der Waals surface area (Å²) in [5, 5.41) is 15.2. The summed E-state index contributed by atoms with van der Waals surface area (Å²) in [7, 11) is 0. The summed E-state index contributed by atoms with van der Waals surface area (Å²) in [6.45, 7) is 0.771. The van der Waals surface area contributed by atoms with Crippen LogP contribution in [0.1, 0.15) is 15.2 Å². The fourth-order valence-electron chi connectivity index (χ4n) is 2.09. The van der Waals surface area contributed by atoms with Gasteiger partial charge in [-0.05, 0) is 36.1 Å². The van der Waals surface area contributed by atoms with Gasteiger partial charge in [-0.3, -0.25) is 0 Å². The van der Waals surface area contributed by atoms with E-state index in [0.717, 1.165) is 24.2 Å². The third kappa shape index (κ3) is 3.00. The predicted octanol–water partition coefficient (Wildman–Crippen LogP) is 3.04. The van der Waals surface area contributed by atoms with E-state index in [2.05, 4.69) is 26.7 Å². The highest BCUT2D eigenvalue weighted by Crippen LogP contribution is 2.20. The predicted molar refractivity (Wildman–Crippen MR) is 83.0 cm³/mol. The van der Waals surface area contributed by atoms with Gasteiger partial charge in [-0.2, -0.15) is 0 Å². The number of hydrogen-bond donors (Lipinski definition) is 2. The molecule has 5 nitrogen and oxygen atoms in total. The van der Waals surface area contributed by atoms with E-state index in [0.29, 0.717) is 5.52 Å². The molecule has 6 heteroatoms. The molecule has 0 aliphatic heterocycles. The number of carboxylic acids is 1. The van der Waals surface area contributed by atoms with E-state index >= 15 is 0 Å². The summed E-state index contributed by atoms with van der Waals surface area (Å²) < 4.78 is 0. The molecule has 0 radical (unpaired) electrons. The summed E-state index contributed by atoms with van der Waals surface area (Å²) in [5.74, 6) is -0.226. The lowest BCUT2D eigenvalue weighted by Crippen LogP contribution is -2.06. The van der Waals surface area contributed by atoms with E-state index in [1.807, 2.05) is 6.07 Å². The van der Waals surface area contributed by atoms with Crippen LogP contribution in [0, 0.1) is 0 Å². The maximum absolute atomic E-state index is 11.0. The number of nitrogens with one attached hydrogen (secondary N) is 1. The monoisotopic (exact) mass is 299 g/mol. The molecule has 0 atom stereocenters. The van der Waals surface area contributed by atoms with Crippen molar-refractivity contribution in [3.63, 3.8) is 0 Å². The molecule has 0 bridgehead atoms. The van der Waals surface area contributed by atoms with E-state index in [9.17, 15) is 4.79 Å². The Morgan fingerprint density at radius 1 is 1.29 bits per heavy atom. The number of hydrogen-bond acceptors (Lipinski definition) is 5. The molecule has 0 aliphatic carbocycles. The molecule has 0 saturated carbocycles. The highest BCUT2D eigenvalue weighted by molar-refractivity contribution is 7.09. The lowest BCUT2D eigenvalue weighted by molar-refractivity contribution is 0.0697. The molecule has 0 aliphatic rings. The van der Waals surface area contributed by atoms with Crippen molar-refractivity contribution in [1.29, 1.82) is 0 Å². The Labute approximate surface area is 125 Å². The average Bonchev–Trinajstić information content (AvgIpc) is 3.00. The smallest absolute Gasteiger partial charge is 0.335 e. The van der Waals surface area contributed by atoms with E-state index < -0.39 is 5.97 Å². The highest BCUT2D eigenvalue weighted by Gasteiger charge is 2.08. The number of carbonyl (C=O) groups is 1. The Kier molecular flexibility index (Phi) is 3.79. The lowest BCUT2D eigenvalue weighted by Gasteiger charge is -2.08. The maximum atomic E-state index is 11.0. The van der Waals surface area contributed by atoms with Gasteiger partial charge in [0, 0.05) is 16.8 Å². The first-order valence-electron chi connectivity index (χ1n) is 6.48. The Morgan fingerprint density at radius 3 is 2.95 bits per heavy atom. The molecular formula is C15H13N3O2S. The van der Waals surface area contributed by atoms with Gasteiger partial charge in [0.05, 0.1) is 11.1 Å². The molecule has 0 fully saturated rings. The molecule has 1 aromatic carbocycles. The Morgan fingerprint density at radius 2 is 2.19 bits per heavy atom. The van der Waals surface area contributed by atoms with Crippen LogP contribution in [0.4, 0.5) is 5.82 Å². The molecule has 0 unspecified atom stereocenters. The van der Waals surface area contributed by atoms with Gasteiger partial charge in [0.25, 0.3) is 0 Å². The topological polar surface area (TPSA) is 75.1 Å². The lowest BCUT2D eigenvalue weighted by atomic mass is 10.1. The SMILES string of the molecule is O=C(O)c1ccc2c(NCCc3cccs3)ncnc2c1. The van der Waals surface area contributed by atoms with Crippen molar-refractivity contribution in [1.82, 2.24) is 9.97 Å². The standard InChI is InChI=1S/C15H13N3O2S/c19-15(20)10-3-4-12-13(8-10)17-9-18-14(12)16-6-5-11-2-1-7-21-11/h1-4,7-9H,5-6H2,(H,19,20)(H,16,17,18). The first-order chi connectivity index (χ1) is 10.2. The van der Waals surface area contributed by atoms with Gasteiger partial charge in [-0.25, -0.2) is 14.8 Å². The van der Waals surface area contributed by atoms with E-state index in [1.165, 1.54) is 11.2 Å². The van der Waals surface area contributed by atoms with Crippen molar-refractivity contribution < 1.29 is 9.90 Å². The normalized spacial score (nSPS) is 10.7. The Balaban J connectivity index is 1.80. The number of benzene rings is 1. The third-order valence-electron chi connectivity index (χ3n) is 3.13. The number of rotatable bonds is 5. The summed E-state index contributed by atoms with van der Waals surface area (Å²) in [5.41, 5.74) is 0.856. The fourth-order valence-corrected chi connectivity index (χ4v) is 2.80. The second kappa shape index (κ2) is 5.88. The van der Waals surface area contributed by atoms with E-state index in [1.54, 1.807) is 29.5 Å². The van der Waals surface area contributed by atoms with Crippen molar-refractivity contribution in [3.05, 3.63) is 52.5 Å². The van der Waals surface area contributed by atoms with Gasteiger partial charge in [0.1, 0.15) is 12.1 Å². The summed E-state index contributed by atoms with van der Waals surface area (Å²) in [6.07, 6.45) is 2.37. The number of fused-ring (bicyclic) bond motifs is 1.